The minimum absolute atomic E-state index is 0.144. The summed E-state index contributed by atoms with van der Waals surface area (Å²) in [4.78, 5) is 0. The highest BCUT2D eigenvalue weighted by molar-refractivity contribution is 5.56. The van der Waals surface area contributed by atoms with E-state index in [4.69, 9.17) is 0 Å². The van der Waals surface area contributed by atoms with Gasteiger partial charge in [0.1, 0.15) is 0 Å². The number of hydrogen-bond acceptors (Lipinski definition) is 0. The second kappa shape index (κ2) is 5.00. The molecule has 0 fully saturated rings. The van der Waals surface area contributed by atoms with Crippen molar-refractivity contribution >= 4 is 0 Å². The Morgan fingerprint density at radius 2 is 0.857 bits per heavy atom. The first-order chi connectivity index (χ1) is 9.53. The van der Waals surface area contributed by atoms with Gasteiger partial charge in [0.05, 0.1) is 0 Å². The lowest BCUT2D eigenvalue weighted by atomic mass is 9.67. The van der Waals surface area contributed by atoms with Crippen LogP contribution in [0.15, 0.2) is 44.6 Å². The molecule has 0 aromatic rings. The van der Waals surface area contributed by atoms with Gasteiger partial charge < -0.3 is 0 Å². The Morgan fingerprint density at radius 1 is 0.571 bits per heavy atom. The first-order valence-corrected chi connectivity index (χ1v) is 8.31. The van der Waals surface area contributed by atoms with Crippen molar-refractivity contribution in [1.82, 2.24) is 0 Å². The van der Waals surface area contributed by atoms with E-state index >= 15 is 0 Å². The van der Waals surface area contributed by atoms with Crippen LogP contribution in [0, 0.1) is 17.3 Å². The summed E-state index contributed by atoms with van der Waals surface area (Å²) in [6, 6.07) is 0. The van der Waals surface area contributed by atoms with E-state index < -0.39 is 0 Å². The third kappa shape index (κ3) is 2.10. The molecule has 0 spiro atoms. The third-order valence-electron chi connectivity index (χ3n) is 6.63. The molecular formula is C21H32. The van der Waals surface area contributed by atoms with Crippen molar-refractivity contribution in [3.8, 4) is 0 Å². The van der Waals surface area contributed by atoms with Crippen LogP contribution in [-0.4, -0.2) is 0 Å². The summed E-state index contributed by atoms with van der Waals surface area (Å²) in [7, 11) is 0. The van der Waals surface area contributed by atoms with E-state index in [-0.39, 0.29) is 5.41 Å². The lowest BCUT2D eigenvalue weighted by Gasteiger charge is -2.36. The maximum atomic E-state index is 2.44. The van der Waals surface area contributed by atoms with E-state index in [1.54, 1.807) is 22.3 Å². The Hall–Kier alpha value is -1.04. The fourth-order valence-electron chi connectivity index (χ4n) is 4.89. The predicted octanol–water partition coefficient (Wildman–Crippen LogP) is 6.62. The zero-order valence-electron chi connectivity index (χ0n) is 15.7. The van der Waals surface area contributed by atoms with Gasteiger partial charge in [0.25, 0.3) is 0 Å². The summed E-state index contributed by atoms with van der Waals surface area (Å²) in [5.41, 5.74) is 12.6. The number of rotatable bonds is 2. The van der Waals surface area contributed by atoms with Gasteiger partial charge >= 0.3 is 0 Å². The highest BCUT2D eigenvalue weighted by Gasteiger charge is 2.41. The van der Waals surface area contributed by atoms with Crippen molar-refractivity contribution in [1.29, 1.82) is 0 Å². The molecule has 0 bridgehead atoms. The summed E-state index contributed by atoms with van der Waals surface area (Å²) in [6.45, 7) is 23.5. The summed E-state index contributed by atoms with van der Waals surface area (Å²) in [6.07, 6.45) is 0. The van der Waals surface area contributed by atoms with Gasteiger partial charge in [-0.3, -0.25) is 0 Å². The van der Waals surface area contributed by atoms with Crippen LogP contribution in [0.5, 0.6) is 0 Å². The Balaban J connectivity index is 2.57. The molecule has 0 amide bonds. The van der Waals surface area contributed by atoms with Gasteiger partial charge in [0, 0.05) is 5.41 Å². The number of allylic oxidation sites excluding steroid dienone is 8. The van der Waals surface area contributed by atoms with Crippen LogP contribution in [0.4, 0.5) is 0 Å². The van der Waals surface area contributed by atoms with E-state index in [0.717, 1.165) is 0 Å². The van der Waals surface area contributed by atoms with Gasteiger partial charge in [-0.2, -0.15) is 0 Å². The van der Waals surface area contributed by atoms with Gasteiger partial charge in [0.2, 0.25) is 0 Å². The maximum Gasteiger partial charge on any atom is 0.00874 e. The van der Waals surface area contributed by atoms with Gasteiger partial charge in [-0.15, -0.1) is 0 Å². The van der Waals surface area contributed by atoms with Crippen molar-refractivity contribution in [3.05, 3.63) is 44.6 Å². The van der Waals surface area contributed by atoms with Crippen LogP contribution in [0.3, 0.4) is 0 Å². The summed E-state index contributed by atoms with van der Waals surface area (Å²) >= 11 is 0. The largest absolute Gasteiger partial charge is 0.0632 e. The fourth-order valence-corrected chi connectivity index (χ4v) is 4.89. The zero-order valence-corrected chi connectivity index (χ0v) is 15.7. The highest BCUT2D eigenvalue weighted by Crippen LogP contribution is 2.54. The molecule has 0 aliphatic heterocycles. The average Bonchev–Trinajstić information content (AvgIpc) is 2.72. The molecule has 0 heterocycles. The van der Waals surface area contributed by atoms with E-state index in [1.807, 2.05) is 0 Å². The van der Waals surface area contributed by atoms with Crippen LogP contribution < -0.4 is 0 Å². The molecule has 2 unspecified atom stereocenters. The minimum Gasteiger partial charge on any atom is -0.0632 e. The fraction of sp³-hybridized carbons (Fsp3) is 0.619. The van der Waals surface area contributed by atoms with Crippen LogP contribution in [0.1, 0.15) is 69.2 Å². The molecule has 0 N–H and O–H groups in total. The molecular weight excluding hydrogens is 252 g/mol. The minimum atomic E-state index is 0.144. The summed E-state index contributed by atoms with van der Waals surface area (Å²) in [5, 5.41) is 0. The molecule has 0 saturated heterocycles. The maximum absolute atomic E-state index is 2.44. The second-order valence-electron chi connectivity index (χ2n) is 7.76. The van der Waals surface area contributed by atoms with Crippen LogP contribution in [0.2, 0.25) is 0 Å². The van der Waals surface area contributed by atoms with E-state index in [0.29, 0.717) is 11.8 Å². The van der Waals surface area contributed by atoms with Crippen molar-refractivity contribution in [2.24, 2.45) is 17.3 Å². The Morgan fingerprint density at radius 3 is 1.05 bits per heavy atom. The van der Waals surface area contributed by atoms with E-state index in [2.05, 4.69) is 69.2 Å². The second-order valence-corrected chi connectivity index (χ2v) is 7.76. The molecule has 0 aromatic heterocycles. The first-order valence-electron chi connectivity index (χ1n) is 8.31. The monoisotopic (exact) mass is 284 g/mol. The molecule has 2 aliphatic carbocycles. The van der Waals surface area contributed by atoms with Crippen LogP contribution >= 0.6 is 0 Å². The van der Waals surface area contributed by atoms with Crippen molar-refractivity contribution in [2.75, 3.05) is 0 Å². The van der Waals surface area contributed by atoms with Gasteiger partial charge in [0.15, 0.2) is 0 Å². The molecule has 0 saturated carbocycles. The summed E-state index contributed by atoms with van der Waals surface area (Å²) < 4.78 is 0. The van der Waals surface area contributed by atoms with Gasteiger partial charge in [-0.25, -0.2) is 0 Å². The normalized spacial score (nSPS) is 27.7. The standard InChI is InChI=1S/C21H32/c1-11-12(2)16(6)19(15(11)5)21(9,10)20-17(7)13(3)14(4)18(20)8/h15,17H,1-10H3. The molecule has 116 valence electrons. The van der Waals surface area contributed by atoms with Gasteiger partial charge in [-0.1, -0.05) is 50.0 Å². The van der Waals surface area contributed by atoms with Crippen molar-refractivity contribution < 1.29 is 0 Å². The number of hydrogen-bond donors (Lipinski definition) is 0. The van der Waals surface area contributed by atoms with Crippen LogP contribution in [-0.2, 0) is 0 Å². The SMILES string of the molecule is CC1=C(C)C(C)C(C(C)(C)C2=C(C)C(C)=C(C)C2C)=C1C. The van der Waals surface area contributed by atoms with Gasteiger partial charge in [-0.05, 0) is 75.7 Å². The highest BCUT2D eigenvalue weighted by atomic mass is 14.5. The Kier molecular flexibility index (Phi) is 3.89. The molecule has 21 heavy (non-hydrogen) atoms. The lowest BCUT2D eigenvalue weighted by molar-refractivity contribution is 0.448. The third-order valence-corrected chi connectivity index (χ3v) is 6.63. The molecule has 0 aromatic carbocycles. The topological polar surface area (TPSA) is 0 Å². The Bertz CT molecular complexity index is 560. The summed E-state index contributed by atoms with van der Waals surface area (Å²) in [5.74, 6) is 1.16. The first kappa shape index (κ1) is 16.3. The Labute approximate surface area is 131 Å². The molecule has 2 atom stereocenters. The van der Waals surface area contributed by atoms with Crippen LogP contribution in [0.25, 0.3) is 0 Å². The van der Waals surface area contributed by atoms with Crippen molar-refractivity contribution in [3.63, 3.8) is 0 Å². The average molecular weight is 284 g/mol. The zero-order chi connectivity index (χ0) is 16.3. The quantitative estimate of drug-likeness (QED) is 0.534. The molecule has 0 radical (unpaired) electrons. The lowest BCUT2D eigenvalue weighted by Crippen LogP contribution is -2.25. The predicted molar refractivity (Wildman–Crippen MR) is 94.3 cm³/mol. The molecule has 0 heteroatoms. The molecule has 2 rings (SSSR count). The van der Waals surface area contributed by atoms with E-state index in [9.17, 15) is 0 Å². The van der Waals surface area contributed by atoms with Crippen molar-refractivity contribution in [2.45, 2.75) is 69.2 Å². The molecule has 2 aliphatic rings. The molecule has 0 nitrogen and oxygen atoms in total. The smallest absolute Gasteiger partial charge is 0.00874 e. The van der Waals surface area contributed by atoms with E-state index in [1.165, 1.54) is 22.3 Å².